The van der Waals surface area contributed by atoms with Crippen molar-refractivity contribution in [2.24, 2.45) is 4.99 Å². The lowest BCUT2D eigenvalue weighted by Crippen LogP contribution is -2.11. The summed E-state index contributed by atoms with van der Waals surface area (Å²) in [5.41, 5.74) is 0. The van der Waals surface area contributed by atoms with Crippen molar-refractivity contribution in [2.45, 2.75) is 115 Å². The molecule has 0 unspecified atom stereocenters. The molecule has 148 valence electrons. The summed E-state index contributed by atoms with van der Waals surface area (Å²) in [5.74, 6) is 0. The van der Waals surface area contributed by atoms with E-state index in [0.29, 0.717) is 6.54 Å². The van der Waals surface area contributed by atoms with E-state index < -0.39 is 6.69 Å². The van der Waals surface area contributed by atoms with Gasteiger partial charge in [0.15, 0.2) is 0 Å². The van der Waals surface area contributed by atoms with Gasteiger partial charge in [-0.05, 0) is 19.0 Å². The fourth-order valence-electron chi connectivity index (χ4n) is 3.15. The molecule has 25 heavy (non-hydrogen) atoms. The zero-order chi connectivity index (χ0) is 18.6. The van der Waals surface area contributed by atoms with Crippen LogP contribution in [-0.4, -0.2) is 19.3 Å². The molecule has 0 aromatic rings. The molecule has 0 aromatic heterocycles. The van der Waals surface area contributed by atoms with Crippen LogP contribution in [0.25, 0.3) is 0 Å². The fourth-order valence-corrected chi connectivity index (χ4v) is 4.82. The van der Waals surface area contributed by atoms with Crippen molar-refractivity contribution in [2.75, 3.05) is 6.54 Å². The minimum Gasteiger partial charge on any atom is -0.211 e. The van der Waals surface area contributed by atoms with Crippen molar-refractivity contribution in [3.63, 3.8) is 0 Å². The Labute approximate surface area is 166 Å². The lowest BCUT2D eigenvalue weighted by Gasteiger charge is -2.09. The van der Waals surface area contributed by atoms with Gasteiger partial charge < -0.3 is 0 Å². The first-order valence-corrected chi connectivity index (χ1v) is 15.2. The number of nitrogens with zero attached hydrogens (tertiary/aromatic N) is 1. The predicted molar refractivity (Wildman–Crippen MR) is 115 cm³/mol. The van der Waals surface area contributed by atoms with Gasteiger partial charge in [-0.15, -0.1) is 22.2 Å². The van der Waals surface area contributed by atoms with Crippen LogP contribution in [0.2, 0.25) is 12.6 Å². The lowest BCUT2D eigenvalue weighted by molar-refractivity contribution is 0.529. The third kappa shape index (κ3) is 24.2. The van der Waals surface area contributed by atoms with Crippen LogP contribution >= 0.6 is 22.2 Å². The van der Waals surface area contributed by atoms with Crippen LogP contribution in [0.5, 0.6) is 0 Å². The first kappa shape index (κ1) is 25.2. The maximum absolute atomic E-state index is 9.91. The van der Waals surface area contributed by atoms with Crippen LogP contribution in [0, 0.1) is 0 Å². The molecule has 0 aliphatic heterocycles. The maximum Gasteiger partial charge on any atom is 0.248 e. The van der Waals surface area contributed by atoms with Crippen molar-refractivity contribution < 1.29 is 4.79 Å². The predicted octanol–water partition coefficient (Wildman–Crippen LogP) is 8.11. The average Bonchev–Trinajstić information content (AvgIpc) is 2.56. The second-order valence-corrected chi connectivity index (χ2v) is 15.7. The lowest BCUT2D eigenvalue weighted by atomic mass is 10.0. The van der Waals surface area contributed by atoms with Gasteiger partial charge in [-0.2, -0.15) is 0 Å². The SMILES string of the molecule is C[Si](Cl)(Cl)CCCCCCCCCCCCCCCCCCN=C=O. The zero-order valence-electron chi connectivity index (χ0n) is 16.3. The number of halogens is 2. The van der Waals surface area contributed by atoms with Gasteiger partial charge in [-0.1, -0.05) is 96.3 Å². The minimum atomic E-state index is -1.84. The summed E-state index contributed by atoms with van der Waals surface area (Å²) in [7, 11) is 0. The van der Waals surface area contributed by atoms with Gasteiger partial charge in [0.05, 0.1) is 6.54 Å². The van der Waals surface area contributed by atoms with Crippen molar-refractivity contribution in [3.8, 4) is 0 Å². The van der Waals surface area contributed by atoms with Gasteiger partial charge in [0, 0.05) is 0 Å². The smallest absolute Gasteiger partial charge is 0.211 e. The van der Waals surface area contributed by atoms with Gasteiger partial charge in [0.1, 0.15) is 0 Å². The zero-order valence-corrected chi connectivity index (χ0v) is 18.9. The summed E-state index contributed by atoms with van der Waals surface area (Å²) in [6.45, 7) is 0.834. The average molecular weight is 409 g/mol. The summed E-state index contributed by atoms with van der Waals surface area (Å²) < 4.78 is 0. The Bertz CT molecular complexity index is 328. The fraction of sp³-hybridized carbons (Fsp3) is 0.950. The Kier molecular flexibility index (Phi) is 19.1. The number of rotatable bonds is 19. The molecule has 0 radical (unpaired) electrons. The Morgan fingerprint density at radius 2 is 0.960 bits per heavy atom. The van der Waals surface area contributed by atoms with Crippen LogP contribution in [-0.2, 0) is 4.79 Å². The van der Waals surface area contributed by atoms with Crippen molar-refractivity contribution in [1.29, 1.82) is 0 Å². The molecule has 0 spiro atoms. The monoisotopic (exact) mass is 407 g/mol. The quantitative estimate of drug-likeness (QED) is 0.0697. The van der Waals surface area contributed by atoms with E-state index in [1.165, 1.54) is 96.3 Å². The molecule has 5 heteroatoms. The van der Waals surface area contributed by atoms with E-state index in [9.17, 15) is 4.79 Å². The van der Waals surface area contributed by atoms with Gasteiger partial charge in [0.25, 0.3) is 0 Å². The minimum absolute atomic E-state index is 0.658. The molecule has 0 rings (SSSR count). The molecular weight excluding hydrogens is 369 g/mol. The van der Waals surface area contributed by atoms with Crippen molar-refractivity contribution >= 4 is 34.9 Å². The highest BCUT2D eigenvalue weighted by Gasteiger charge is 2.19. The second-order valence-electron chi connectivity index (χ2n) is 7.45. The molecule has 0 saturated heterocycles. The third-order valence-corrected chi connectivity index (χ3v) is 7.07. The topological polar surface area (TPSA) is 29.4 Å². The first-order chi connectivity index (χ1) is 12.1. The third-order valence-electron chi connectivity index (χ3n) is 4.70. The molecule has 0 aliphatic carbocycles. The molecule has 0 heterocycles. The molecule has 0 saturated carbocycles. The first-order valence-electron chi connectivity index (χ1n) is 10.5. The molecule has 0 N–H and O–H groups in total. The molecule has 2 nitrogen and oxygen atoms in total. The summed E-state index contributed by atoms with van der Waals surface area (Å²) in [6, 6.07) is 1.05. The van der Waals surface area contributed by atoms with Gasteiger partial charge >= 0.3 is 0 Å². The van der Waals surface area contributed by atoms with Gasteiger partial charge in [0.2, 0.25) is 12.8 Å². The van der Waals surface area contributed by atoms with E-state index in [-0.39, 0.29) is 0 Å². The number of hydrogen-bond donors (Lipinski definition) is 0. The molecule has 0 amide bonds. The summed E-state index contributed by atoms with van der Waals surface area (Å²) >= 11 is 12.2. The van der Waals surface area contributed by atoms with Crippen molar-refractivity contribution in [1.82, 2.24) is 0 Å². The van der Waals surface area contributed by atoms with E-state index in [0.717, 1.165) is 12.5 Å². The van der Waals surface area contributed by atoms with E-state index >= 15 is 0 Å². The molecule has 0 aromatic carbocycles. The van der Waals surface area contributed by atoms with E-state index in [1.807, 2.05) is 6.55 Å². The number of carbonyl (C=O) groups excluding carboxylic acids is 1. The number of aliphatic imine (C=N–C) groups is 1. The highest BCUT2D eigenvalue weighted by molar-refractivity contribution is 7.44. The Morgan fingerprint density at radius 3 is 1.28 bits per heavy atom. The number of hydrogen-bond acceptors (Lipinski definition) is 2. The Hall–Kier alpha value is 0.177. The van der Waals surface area contributed by atoms with Crippen LogP contribution in [0.4, 0.5) is 0 Å². The van der Waals surface area contributed by atoms with E-state index in [1.54, 1.807) is 6.08 Å². The molecule has 0 atom stereocenters. The maximum atomic E-state index is 9.91. The normalized spacial score (nSPS) is 11.5. The number of isocyanates is 1. The van der Waals surface area contributed by atoms with E-state index in [4.69, 9.17) is 22.2 Å². The highest BCUT2D eigenvalue weighted by atomic mass is 35.7. The van der Waals surface area contributed by atoms with Gasteiger partial charge in [-0.25, -0.2) is 9.79 Å². The molecule has 0 aliphatic rings. The second kappa shape index (κ2) is 19.0. The van der Waals surface area contributed by atoms with Crippen molar-refractivity contribution in [3.05, 3.63) is 0 Å². The molecule has 0 bridgehead atoms. The van der Waals surface area contributed by atoms with Crippen LogP contribution in [0.15, 0.2) is 4.99 Å². The van der Waals surface area contributed by atoms with Crippen LogP contribution in [0.1, 0.15) is 103 Å². The summed E-state index contributed by atoms with van der Waals surface area (Å²) in [4.78, 5) is 13.5. The Morgan fingerprint density at radius 1 is 0.640 bits per heavy atom. The summed E-state index contributed by atoms with van der Waals surface area (Å²) in [5, 5.41) is 0. The summed E-state index contributed by atoms with van der Waals surface area (Å²) in [6.07, 6.45) is 22.8. The van der Waals surface area contributed by atoms with Crippen LogP contribution < -0.4 is 0 Å². The standard InChI is InChI=1S/C20H39Cl2NOSi/c1-25(21,22)19-17-15-13-11-9-7-5-3-2-4-6-8-10-12-14-16-18-23-20-24/h2-19H2,1H3. The van der Waals surface area contributed by atoms with Gasteiger partial charge in [-0.3, -0.25) is 0 Å². The van der Waals surface area contributed by atoms with E-state index in [2.05, 4.69) is 4.99 Å². The molecule has 0 fully saturated rings. The Balaban J connectivity index is 3.04. The highest BCUT2D eigenvalue weighted by Crippen LogP contribution is 2.23. The molecular formula is C20H39Cl2NOSi. The number of unbranched alkanes of at least 4 members (excludes halogenated alkanes) is 15. The largest absolute Gasteiger partial charge is 0.248 e. The van der Waals surface area contributed by atoms with Crippen LogP contribution in [0.3, 0.4) is 0 Å².